The number of hydrogen-bond acceptors (Lipinski definition) is 3. The zero-order valence-electron chi connectivity index (χ0n) is 8.89. The molecule has 0 atom stereocenters. The van der Waals surface area contributed by atoms with Gasteiger partial charge in [-0.2, -0.15) is 0 Å². The van der Waals surface area contributed by atoms with Crippen molar-refractivity contribution in [2.75, 3.05) is 5.73 Å². The molecule has 14 heavy (non-hydrogen) atoms. The van der Waals surface area contributed by atoms with Crippen LogP contribution >= 0.6 is 15.9 Å². The molecule has 1 aromatic heterocycles. The fourth-order valence-electron chi connectivity index (χ4n) is 2.34. The van der Waals surface area contributed by atoms with E-state index in [1.54, 1.807) is 0 Å². The summed E-state index contributed by atoms with van der Waals surface area (Å²) in [5.74, 6) is 1.73. The lowest BCUT2D eigenvalue weighted by Gasteiger charge is -2.03. The van der Waals surface area contributed by atoms with E-state index in [9.17, 15) is 0 Å². The van der Waals surface area contributed by atoms with Crippen molar-refractivity contribution in [1.29, 1.82) is 0 Å². The molecule has 3 nitrogen and oxygen atoms in total. The summed E-state index contributed by atoms with van der Waals surface area (Å²) in [4.78, 5) is 0. The fraction of sp³-hybridized carbons (Fsp3) is 0.700. The molecule has 1 saturated carbocycles. The van der Waals surface area contributed by atoms with Crippen molar-refractivity contribution in [1.82, 2.24) is 5.16 Å². The molecule has 1 aromatic rings. The van der Waals surface area contributed by atoms with E-state index in [-0.39, 0.29) is 10.8 Å². The standard InChI is InChI=1S/C10H15BrN2O/c1-9(2)7(10(9,3)4)6-5(11)8(12)13-14-6/h7H,1-4H3,(H2,12,13). The molecule has 78 valence electrons. The van der Waals surface area contributed by atoms with Crippen molar-refractivity contribution in [2.24, 2.45) is 10.8 Å². The Morgan fingerprint density at radius 3 is 2.07 bits per heavy atom. The molecule has 4 heteroatoms. The highest BCUT2D eigenvalue weighted by molar-refractivity contribution is 9.10. The van der Waals surface area contributed by atoms with Crippen LogP contribution in [0.4, 0.5) is 5.82 Å². The number of hydrogen-bond donors (Lipinski definition) is 1. The summed E-state index contributed by atoms with van der Waals surface area (Å²) in [5, 5.41) is 3.76. The molecule has 0 spiro atoms. The first-order valence-electron chi connectivity index (χ1n) is 4.70. The summed E-state index contributed by atoms with van der Waals surface area (Å²) in [6.07, 6.45) is 0. The maximum absolute atomic E-state index is 5.63. The Balaban J connectivity index is 2.41. The minimum atomic E-state index is 0.251. The van der Waals surface area contributed by atoms with Crippen LogP contribution in [0.3, 0.4) is 0 Å². The quantitative estimate of drug-likeness (QED) is 0.842. The molecule has 1 heterocycles. The number of nitrogens with two attached hydrogens (primary N) is 1. The minimum absolute atomic E-state index is 0.251. The van der Waals surface area contributed by atoms with Gasteiger partial charge in [-0.3, -0.25) is 0 Å². The van der Waals surface area contributed by atoms with E-state index in [4.69, 9.17) is 10.3 Å². The van der Waals surface area contributed by atoms with Crippen molar-refractivity contribution in [3.05, 3.63) is 10.2 Å². The first-order valence-corrected chi connectivity index (χ1v) is 5.50. The Morgan fingerprint density at radius 2 is 1.79 bits per heavy atom. The van der Waals surface area contributed by atoms with E-state index < -0.39 is 0 Å². The third-order valence-electron chi connectivity index (χ3n) is 3.97. The van der Waals surface area contributed by atoms with Gasteiger partial charge < -0.3 is 10.3 Å². The molecule has 0 unspecified atom stereocenters. The number of rotatable bonds is 1. The largest absolute Gasteiger partial charge is 0.380 e. The van der Waals surface area contributed by atoms with Gasteiger partial charge in [0.2, 0.25) is 0 Å². The van der Waals surface area contributed by atoms with Gasteiger partial charge in [0.25, 0.3) is 0 Å². The summed E-state index contributed by atoms with van der Waals surface area (Å²) in [6, 6.07) is 0. The summed E-state index contributed by atoms with van der Waals surface area (Å²) in [6.45, 7) is 8.96. The van der Waals surface area contributed by atoms with Crippen LogP contribution in [0.25, 0.3) is 0 Å². The van der Waals surface area contributed by atoms with Crippen LogP contribution in [-0.4, -0.2) is 5.16 Å². The van der Waals surface area contributed by atoms with Crippen LogP contribution < -0.4 is 5.73 Å². The normalized spacial score (nSPS) is 23.8. The summed E-state index contributed by atoms with van der Waals surface area (Å²) < 4.78 is 6.09. The lowest BCUT2D eigenvalue weighted by Crippen LogP contribution is -1.95. The monoisotopic (exact) mass is 258 g/mol. The van der Waals surface area contributed by atoms with Crippen molar-refractivity contribution >= 4 is 21.7 Å². The summed E-state index contributed by atoms with van der Waals surface area (Å²) in [7, 11) is 0. The average Bonchev–Trinajstić information content (AvgIpc) is 2.36. The highest BCUT2D eigenvalue weighted by Gasteiger charge is 2.67. The van der Waals surface area contributed by atoms with E-state index in [0.717, 1.165) is 10.2 Å². The van der Waals surface area contributed by atoms with Gasteiger partial charge in [0.1, 0.15) is 4.47 Å². The second-order valence-electron chi connectivity index (χ2n) is 5.12. The van der Waals surface area contributed by atoms with Gasteiger partial charge in [0.05, 0.1) is 0 Å². The van der Waals surface area contributed by atoms with E-state index in [2.05, 4.69) is 48.8 Å². The Morgan fingerprint density at radius 1 is 1.29 bits per heavy atom. The molecule has 1 fully saturated rings. The number of nitrogen functional groups attached to an aromatic ring is 1. The smallest absolute Gasteiger partial charge is 0.181 e. The Bertz CT molecular complexity index is 367. The molecule has 0 bridgehead atoms. The molecule has 2 rings (SSSR count). The van der Waals surface area contributed by atoms with Crippen LogP contribution in [0.2, 0.25) is 0 Å². The van der Waals surface area contributed by atoms with Crippen LogP contribution in [-0.2, 0) is 0 Å². The Hall–Kier alpha value is -0.510. The third kappa shape index (κ3) is 1.00. The van der Waals surface area contributed by atoms with Gasteiger partial charge in [-0.05, 0) is 26.8 Å². The molecular weight excluding hydrogens is 244 g/mol. The third-order valence-corrected chi connectivity index (χ3v) is 4.76. The van der Waals surface area contributed by atoms with E-state index in [1.807, 2.05) is 0 Å². The lowest BCUT2D eigenvalue weighted by atomic mass is 10.0. The molecule has 1 aliphatic carbocycles. The van der Waals surface area contributed by atoms with Crippen molar-refractivity contribution in [3.63, 3.8) is 0 Å². The van der Waals surface area contributed by atoms with Crippen LogP contribution in [0.5, 0.6) is 0 Å². The zero-order valence-corrected chi connectivity index (χ0v) is 10.5. The highest BCUT2D eigenvalue weighted by Crippen LogP contribution is 2.74. The topological polar surface area (TPSA) is 52.0 Å². The maximum atomic E-state index is 5.63. The van der Waals surface area contributed by atoms with Gasteiger partial charge in [-0.15, -0.1) is 0 Å². The first-order chi connectivity index (χ1) is 6.30. The van der Waals surface area contributed by atoms with Crippen molar-refractivity contribution < 1.29 is 4.52 Å². The molecule has 2 N–H and O–H groups in total. The maximum Gasteiger partial charge on any atom is 0.181 e. The molecular formula is C10H15BrN2O. The van der Waals surface area contributed by atoms with Crippen LogP contribution in [0.1, 0.15) is 39.4 Å². The molecule has 1 aliphatic rings. The first kappa shape index (κ1) is 10.0. The molecule has 0 radical (unpaired) electrons. The zero-order chi connectivity index (χ0) is 10.7. The molecule has 0 saturated heterocycles. The Kier molecular flexibility index (Phi) is 1.82. The van der Waals surface area contributed by atoms with Gasteiger partial charge in [0, 0.05) is 5.92 Å². The van der Waals surface area contributed by atoms with Gasteiger partial charge in [0.15, 0.2) is 11.6 Å². The van der Waals surface area contributed by atoms with E-state index in [0.29, 0.717) is 11.7 Å². The highest BCUT2D eigenvalue weighted by atomic mass is 79.9. The van der Waals surface area contributed by atoms with Gasteiger partial charge >= 0.3 is 0 Å². The predicted molar refractivity (Wildman–Crippen MR) is 58.9 cm³/mol. The fourth-order valence-corrected chi connectivity index (χ4v) is 2.71. The SMILES string of the molecule is CC1(C)C(c2onc(N)c2Br)C1(C)C. The van der Waals surface area contributed by atoms with Gasteiger partial charge in [-0.25, -0.2) is 0 Å². The van der Waals surface area contributed by atoms with Gasteiger partial charge in [-0.1, -0.05) is 32.9 Å². The van der Waals surface area contributed by atoms with E-state index in [1.165, 1.54) is 0 Å². The number of anilines is 1. The van der Waals surface area contributed by atoms with Crippen LogP contribution in [0.15, 0.2) is 9.00 Å². The molecule has 0 aromatic carbocycles. The minimum Gasteiger partial charge on any atom is -0.380 e. The van der Waals surface area contributed by atoms with E-state index >= 15 is 0 Å². The van der Waals surface area contributed by atoms with Crippen molar-refractivity contribution in [3.8, 4) is 0 Å². The molecule has 0 amide bonds. The summed E-state index contributed by atoms with van der Waals surface area (Å²) >= 11 is 3.41. The average molecular weight is 259 g/mol. The van der Waals surface area contributed by atoms with Crippen molar-refractivity contribution in [2.45, 2.75) is 33.6 Å². The van der Waals surface area contributed by atoms with Crippen LogP contribution in [0, 0.1) is 10.8 Å². The predicted octanol–water partition coefficient (Wildman–Crippen LogP) is 3.17. The lowest BCUT2D eigenvalue weighted by molar-refractivity contribution is 0.372. The number of nitrogens with zero attached hydrogens (tertiary/aromatic N) is 1. The molecule has 0 aliphatic heterocycles. The number of halogens is 1. The second-order valence-corrected chi connectivity index (χ2v) is 5.92. The number of aromatic nitrogens is 1. The summed E-state index contributed by atoms with van der Waals surface area (Å²) in [5.41, 5.74) is 6.13. The second kappa shape index (κ2) is 2.54. The Labute approximate surface area is 92.2 Å².